The van der Waals surface area contributed by atoms with Gasteiger partial charge in [-0.3, -0.25) is 9.69 Å². The number of amides is 2. The number of ketones is 1. The summed E-state index contributed by atoms with van der Waals surface area (Å²) in [6, 6.07) is 5.90. The van der Waals surface area contributed by atoms with Crippen LogP contribution in [-0.4, -0.2) is 73.3 Å². The second-order valence-corrected chi connectivity index (χ2v) is 6.16. The summed E-state index contributed by atoms with van der Waals surface area (Å²) in [4.78, 5) is 29.8. The third-order valence-electron chi connectivity index (χ3n) is 4.22. The van der Waals surface area contributed by atoms with Crippen LogP contribution in [0, 0.1) is 13.8 Å². The number of aryl methyl sites for hydroxylation is 2. The summed E-state index contributed by atoms with van der Waals surface area (Å²) in [6.45, 7) is 7.34. The fraction of sp³-hybridized carbons (Fsp3) is 0.529. The third kappa shape index (κ3) is 3.85. The molecule has 1 aliphatic rings. The molecule has 0 unspecified atom stereocenters. The highest BCUT2D eigenvalue weighted by atomic mass is 16.2. The molecule has 0 spiro atoms. The number of carbonyl (C=O) groups excluding carboxylic acids is 2. The number of benzene rings is 1. The number of piperazine rings is 1. The van der Waals surface area contributed by atoms with Gasteiger partial charge in [-0.25, -0.2) is 4.79 Å². The highest BCUT2D eigenvalue weighted by molar-refractivity contribution is 5.97. The fourth-order valence-electron chi connectivity index (χ4n) is 2.59. The molecule has 120 valence electrons. The van der Waals surface area contributed by atoms with Gasteiger partial charge < -0.3 is 9.80 Å². The van der Waals surface area contributed by atoms with Crippen molar-refractivity contribution in [1.29, 1.82) is 0 Å². The van der Waals surface area contributed by atoms with Crippen molar-refractivity contribution in [2.24, 2.45) is 0 Å². The van der Waals surface area contributed by atoms with Crippen molar-refractivity contribution < 1.29 is 9.59 Å². The lowest BCUT2D eigenvalue weighted by molar-refractivity contribution is 0.0863. The molecule has 0 N–H and O–H groups in total. The van der Waals surface area contributed by atoms with Crippen LogP contribution in [0.1, 0.15) is 21.5 Å². The van der Waals surface area contributed by atoms with Crippen LogP contribution in [0.2, 0.25) is 0 Å². The smallest absolute Gasteiger partial charge is 0.319 e. The molecule has 0 atom stereocenters. The zero-order valence-corrected chi connectivity index (χ0v) is 13.9. The summed E-state index contributed by atoms with van der Waals surface area (Å²) >= 11 is 0. The van der Waals surface area contributed by atoms with Gasteiger partial charge in [0.1, 0.15) is 0 Å². The largest absolute Gasteiger partial charge is 0.331 e. The molecule has 0 aromatic heterocycles. The summed E-state index contributed by atoms with van der Waals surface area (Å²) < 4.78 is 0. The predicted molar refractivity (Wildman–Crippen MR) is 87.3 cm³/mol. The van der Waals surface area contributed by atoms with E-state index in [4.69, 9.17) is 0 Å². The highest BCUT2D eigenvalue weighted by Crippen LogP contribution is 2.12. The van der Waals surface area contributed by atoms with Crippen LogP contribution in [0.15, 0.2) is 18.2 Å². The molecule has 1 aromatic rings. The van der Waals surface area contributed by atoms with Crippen molar-refractivity contribution in [2.75, 3.05) is 46.8 Å². The zero-order valence-electron chi connectivity index (χ0n) is 13.9. The minimum absolute atomic E-state index is 0.0418. The molecule has 5 nitrogen and oxygen atoms in total. The average molecular weight is 303 g/mol. The lowest BCUT2D eigenvalue weighted by Crippen LogP contribution is -2.52. The van der Waals surface area contributed by atoms with Gasteiger partial charge in [-0.1, -0.05) is 12.1 Å². The predicted octanol–water partition coefficient (Wildman–Crippen LogP) is 1.79. The molecule has 0 bridgehead atoms. The van der Waals surface area contributed by atoms with Crippen LogP contribution in [0.25, 0.3) is 0 Å². The Hall–Kier alpha value is -1.88. The van der Waals surface area contributed by atoms with E-state index in [2.05, 4.69) is 4.90 Å². The molecule has 1 aliphatic heterocycles. The maximum absolute atomic E-state index is 12.4. The van der Waals surface area contributed by atoms with E-state index in [0.29, 0.717) is 19.6 Å². The first-order chi connectivity index (χ1) is 10.4. The molecule has 22 heavy (non-hydrogen) atoms. The van der Waals surface area contributed by atoms with Crippen LogP contribution in [-0.2, 0) is 0 Å². The fourth-order valence-corrected chi connectivity index (χ4v) is 2.59. The van der Waals surface area contributed by atoms with Crippen molar-refractivity contribution in [1.82, 2.24) is 14.7 Å². The van der Waals surface area contributed by atoms with Crippen LogP contribution in [0.3, 0.4) is 0 Å². The van der Waals surface area contributed by atoms with E-state index >= 15 is 0 Å². The van der Waals surface area contributed by atoms with E-state index in [-0.39, 0.29) is 11.8 Å². The molecule has 2 amide bonds. The molecule has 1 saturated heterocycles. The van der Waals surface area contributed by atoms with Gasteiger partial charge in [0.25, 0.3) is 0 Å². The van der Waals surface area contributed by atoms with Crippen LogP contribution >= 0.6 is 0 Å². The van der Waals surface area contributed by atoms with Gasteiger partial charge in [-0.2, -0.15) is 0 Å². The Balaban J connectivity index is 1.89. The molecule has 0 saturated carbocycles. The molecular formula is C17H25N3O2. The lowest BCUT2D eigenvalue weighted by Gasteiger charge is -2.35. The monoisotopic (exact) mass is 303 g/mol. The van der Waals surface area contributed by atoms with Crippen molar-refractivity contribution in [2.45, 2.75) is 13.8 Å². The van der Waals surface area contributed by atoms with Crippen LogP contribution < -0.4 is 0 Å². The normalized spacial score (nSPS) is 15.7. The molecule has 0 aliphatic carbocycles. The SMILES string of the molecule is Cc1ccc(C(=O)CN2CCN(C(=O)N(C)C)CC2)cc1C. The summed E-state index contributed by atoms with van der Waals surface area (Å²) in [5.41, 5.74) is 3.12. The van der Waals surface area contributed by atoms with Gasteiger partial charge in [0.2, 0.25) is 0 Å². The number of hydrogen-bond donors (Lipinski definition) is 0. The Kier molecular flexibility index (Phi) is 5.19. The highest BCUT2D eigenvalue weighted by Gasteiger charge is 2.23. The van der Waals surface area contributed by atoms with Crippen LogP contribution in [0.5, 0.6) is 0 Å². The van der Waals surface area contributed by atoms with Gasteiger partial charge in [-0.05, 0) is 31.0 Å². The second kappa shape index (κ2) is 6.92. The molecule has 1 heterocycles. The summed E-state index contributed by atoms with van der Waals surface area (Å²) in [5, 5.41) is 0. The summed E-state index contributed by atoms with van der Waals surface area (Å²) in [5.74, 6) is 0.149. The van der Waals surface area contributed by atoms with Gasteiger partial charge in [0, 0.05) is 45.8 Å². The van der Waals surface area contributed by atoms with E-state index < -0.39 is 0 Å². The molecule has 1 aromatic carbocycles. The molecule has 5 heteroatoms. The standard InChI is InChI=1S/C17H25N3O2/c1-13-5-6-15(11-14(13)2)16(21)12-19-7-9-20(10-8-19)17(22)18(3)4/h5-6,11H,7-10,12H2,1-4H3. The average Bonchev–Trinajstić information content (AvgIpc) is 2.50. The Morgan fingerprint density at radius 1 is 1.05 bits per heavy atom. The minimum Gasteiger partial charge on any atom is -0.331 e. The molecule has 1 fully saturated rings. The van der Waals surface area contributed by atoms with Crippen molar-refractivity contribution in [3.05, 3.63) is 34.9 Å². The third-order valence-corrected chi connectivity index (χ3v) is 4.22. The first-order valence-corrected chi connectivity index (χ1v) is 7.67. The molecule has 0 radical (unpaired) electrons. The van der Waals surface area contributed by atoms with Crippen molar-refractivity contribution >= 4 is 11.8 Å². The lowest BCUT2D eigenvalue weighted by atomic mass is 10.0. The first-order valence-electron chi connectivity index (χ1n) is 7.67. The maximum atomic E-state index is 12.4. The van der Waals surface area contributed by atoms with E-state index in [9.17, 15) is 9.59 Å². The maximum Gasteiger partial charge on any atom is 0.319 e. The second-order valence-electron chi connectivity index (χ2n) is 6.16. The van der Waals surface area contributed by atoms with Gasteiger partial charge in [0.15, 0.2) is 5.78 Å². The number of carbonyl (C=O) groups is 2. The van der Waals surface area contributed by atoms with Crippen molar-refractivity contribution in [3.63, 3.8) is 0 Å². The van der Waals surface area contributed by atoms with Crippen LogP contribution in [0.4, 0.5) is 4.79 Å². The van der Waals surface area contributed by atoms with E-state index in [0.717, 1.165) is 24.2 Å². The Bertz CT molecular complexity index is 561. The quantitative estimate of drug-likeness (QED) is 0.800. The van der Waals surface area contributed by atoms with E-state index in [1.807, 2.05) is 36.9 Å². The number of urea groups is 1. The molecule has 2 rings (SSSR count). The van der Waals surface area contributed by atoms with E-state index in [1.165, 1.54) is 5.56 Å². The number of rotatable bonds is 3. The summed E-state index contributed by atoms with van der Waals surface area (Å²) in [7, 11) is 3.52. The Labute approximate surface area is 132 Å². The van der Waals surface area contributed by atoms with Crippen molar-refractivity contribution in [3.8, 4) is 0 Å². The van der Waals surface area contributed by atoms with Gasteiger partial charge >= 0.3 is 6.03 Å². The molecular weight excluding hydrogens is 278 g/mol. The van der Waals surface area contributed by atoms with E-state index in [1.54, 1.807) is 19.0 Å². The summed E-state index contributed by atoms with van der Waals surface area (Å²) in [6.07, 6.45) is 0. The number of hydrogen-bond acceptors (Lipinski definition) is 3. The zero-order chi connectivity index (χ0) is 16.3. The number of nitrogens with zero attached hydrogens (tertiary/aromatic N) is 3. The topological polar surface area (TPSA) is 43.9 Å². The number of Topliss-reactive ketones (excluding diaryl/α,β-unsaturated/α-hetero) is 1. The Morgan fingerprint density at radius 2 is 1.68 bits per heavy atom. The minimum atomic E-state index is 0.0418. The van der Waals surface area contributed by atoms with Gasteiger partial charge in [-0.15, -0.1) is 0 Å². The van der Waals surface area contributed by atoms with Gasteiger partial charge in [0.05, 0.1) is 6.54 Å². The Morgan fingerprint density at radius 3 is 2.23 bits per heavy atom. The first kappa shape index (κ1) is 16.5.